The van der Waals surface area contributed by atoms with E-state index in [2.05, 4.69) is 10.6 Å². The van der Waals surface area contributed by atoms with Gasteiger partial charge in [-0.25, -0.2) is 4.79 Å². The van der Waals surface area contributed by atoms with Gasteiger partial charge in [-0.1, -0.05) is 24.3 Å². The van der Waals surface area contributed by atoms with E-state index in [1.165, 1.54) is 0 Å². The Morgan fingerprint density at radius 3 is 2.62 bits per heavy atom. The Morgan fingerprint density at radius 2 is 1.96 bits per heavy atom. The number of carbonyl (C=O) groups excluding carboxylic acids is 2. The number of imide groups is 1. The number of benzene rings is 1. The number of ether oxygens (including phenoxy) is 1. The van der Waals surface area contributed by atoms with Gasteiger partial charge in [0.1, 0.15) is 5.75 Å². The Bertz CT molecular complexity index is 719. The van der Waals surface area contributed by atoms with Crippen LogP contribution < -0.4 is 15.4 Å². The third kappa shape index (κ3) is 5.57. The second kappa shape index (κ2) is 9.94. The summed E-state index contributed by atoms with van der Waals surface area (Å²) in [6, 6.07) is 10.8. The van der Waals surface area contributed by atoms with Crippen molar-refractivity contribution >= 4 is 23.3 Å². The summed E-state index contributed by atoms with van der Waals surface area (Å²) in [7, 11) is 1.63. The fraction of sp³-hybridized carbons (Fsp3) is 0.368. The third-order valence-corrected chi connectivity index (χ3v) is 4.87. The molecule has 0 saturated heterocycles. The van der Waals surface area contributed by atoms with Gasteiger partial charge in [-0.2, -0.15) is 0 Å². The first kappa shape index (κ1) is 19.9. The quantitative estimate of drug-likeness (QED) is 0.744. The Balaban J connectivity index is 2.17. The minimum atomic E-state index is -0.482. The molecule has 0 fully saturated rings. The lowest BCUT2D eigenvalue weighted by Crippen LogP contribution is -2.49. The third-order valence-electron chi connectivity index (χ3n) is 4.01. The predicted octanol–water partition coefficient (Wildman–Crippen LogP) is 2.99. The SMILES string of the molecule is CCNC(=O)NC(=O)C(C)N(Cc1cccs1)Cc1ccccc1OC. The van der Waals surface area contributed by atoms with Crippen molar-refractivity contribution < 1.29 is 14.3 Å². The Kier molecular flexibility index (Phi) is 7.62. The molecule has 0 saturated carbocycles. The van der Waals surface area contributed by atoms with Crippen molar-refractivity contribution in [2.24, 2.45) is 0 Å². The average molecular weight is 375 g/mol. The number of hydrogen-bond donors (Lipinski definition) is 2. The molecule has 2 N–H and O–H groups in total. The zero-order valence-corrected chi connectivity index (χ0v) is 16.1. The van der Waals surface area contributed by atoms with Crippen molar-refractivity contribution in [3.05, 3.63) is 52.2 Å². The molecule has 2 aromatic rings. The summed E-state index contributed by atoms with van der Waals surface area (Å²) in [4.78, 5) is 27.4. The van der Waals surface area contributed by atoms with Crippen LogP contribution in [0.1, 0.15) is 24.3 Å². The number of hydrogen-bond acceptors (Lipinski definition) is 5. The molecule has 0 aliphatic heterocycles. The van der Waals surface area contributed by atoms with Crippen molar-refractivity contribution in [1.82, 2.24) is 15.5 Å². The van der Waals surface area contributed by atoms with Crippen LogP contribution in [0.15, 0.2) is 41.8 Å². The van der Waals surface area contributed by atoms with Gasteiger partial charge in [-0.3, -0.25) is 15.0 Å². The van der Waals surface area contributed by atoms with Crippen molar-refractivity contribution in [2.45, 2.75) is 33.0 Å². The van der Waals surface area contributed by atoms with Crippen LogP contribution in [0.25, 0.3) is 0 Å². The fourth-order valence-corrected chi connectivity index (χ4v) is 3.30. The highest BCUT2D eigenvalue weighted by atomic mass is 32.1. The zero-order valence-electron chi connectivity index (χ0n) is 15.3. The number of amides is 3. The highest BCUT2D eigenvalue weighted by molar-refractivity contribution is 7.09. The highest BCUT2D eigenvalue weighted by Crippen LogP contribution is 2.23. The lowest BCUT2D eigenvalue weighted by Gasteiger charge is -2.28. The van der Waals surface area contributed by atoms with Crippen LogP contribution in [-0.4, -0.2) is 36.5 Å². The molecule has 1 heterocycles. The number of nitrogens with zero attached hydrogens (tertiary/aromatic N) is 1. The van der Waals surface area contributed by atoms with Gasteiger partial charge in [0, 0.05) is 30.1 Å². The molecule has 140 valence electrons. The van der Waals surface area contributed by atoms with Gasteiger partial charge in [0.25, 0.3) is 0 Å². The predicted molar refractivity (Wildman–Crippen MR) is 103 cm³/mol. The smallest absolute Gasteiger partial charge is 0.321 e. The molecule has 0 spiro atoms. The molecule has 1 aromatic carbocycles. The van der Waals surface area contributed by atoms with Gasteiger partial charge in [0.15, 0.2) is 0 Å². The molecule has 26 heavy (non-hydrogen) atoms. The molecular formula is C19H25N3O3S. The second-order valence-corrected chi connectivity index (χ2v) is 6.85. The van der Waals surface area contributed by atoms with Crippen molar-refractivity contribution in [3.8, 4) is 5.75 Å². The molecule has 3 amide bonds. The molecule has 1 atom stereocenters. The van der Waals surface area contributed by atoms with E-state index in [4.69, 9.17) is 4.74 Å². The van der Waals surface area contributed by atoms with Crippen LogP contribution in [-0.2, 0) is 17.9 Å². The number of methoxy groups -OCH3 is 1. The van der Waals surface area contributed by atoms with Crippen LogP contribution in [0.5, 0.6) is 5.75 Å². The highest BCUT2D eigenvalue weighted by Gasteiger charge is 2.24. The molecule has 6 nitrogen and oxygen atoms in total. The van der Waals surface area contributed by atoms with Crippen LogP contribution in [0, 0.1) is 0 Å². The van der Waals surface area contributed by atoms with E-state index >= 15 is 0 Å². The monoisotopic (exact) mass is 375 g/mol. The van der Waals surface area contributed by atoms with Crippen molar-refractivity contribution in [3.63, 3.8) is 0 Å². The number of carbonyl (C=O) groups is 2. The lowest BCUT2D eigenvalue weighted by atomic mass is 10.1. The second-order valence-electron chi connectivity index (χ2n) is 5.82. The van der Waals surface area contributed by atoms with E-state index < -0.39 is 12.1 Å². The standard InChI is InChI=1S/C19H25N3O3S/c1-4-20-19(24)21-18(23)14(2)22(13-16-9-7-11-26-16)12-15-8-5-6-10-17(15)25-3/h5-11,14H,4,12-13H2,1-3H3,(H2,20,21,23,24). The van der Waals surface area contributed by atoms with E-state index in [1.54, 1.807) is 32.3 Å². The number of thiophene rings is 1. The molecule has 0 radical (unpaired) electrons. The van der Waals surface area contributed by atoms with Gasteiger partial charge < -0.3 is 10.1 Å². The average Bonchev–Trinajstić information content (AvgIpc) is 3.14. The summed E-state index contributed by atoms with van der Waals surface area (Å²) in [6.07, 6.45) is 0. The zero-order chi connectivity index (χ0) is 18.9. The molecule has 0 bridgehead atoms. The summed E-state index contributed by atoms with van der Waals surface area (Å²) >= 11 is 1.64. The molecule has 0 aliphatic carbocycles. The van der Waals surface area contributed by atoms with E-state index in [9.17, 15) is 9.59 Å². The summed E-state index contributed by atoms with van der Waals surface area (Å²) in [6.45, 7) is 5.22. The van der Waals surface area contributed by atoms with Crippen LogP contribution >= 0.6 is 11.3 Å². The van der Waals surface area contributed by atoms with Crippen LogP contribution in [0.2, 0.25) is 0 Å². The molecule has 7 heteroatoms. The van der Waals surface area contributed by atoms with E-state index in [1.807, 2.05) is 46.7 Å². The van der Waals surface area contributed by atoms with E-state index in [0.717, 1.165) is 16.2 Å². The molecule has 1 aromatic heterocycles. The molecule has 0 aliphatic rings. The Labute approximate surface area is 158 Å². The Hall–Kier alpha value is -2.38. The first-order valence-corrected chi connectivity index (χ1v) is 9.40. The van der Waals surface area contributed by atoms with Gasteiger partial charge in [-0.15, -0.1) is 11.3 Å². The maximum Gasteiger partial charge on any atom is 0.321 e. The van der Waals surface area contributed by atoms with Gasteiger partial charge in [0.05, 0.1) is 13.2 Å². The van der Waals surface area contributed by atoms with Gasteiger partial charge in [0.2, 0.25) is 5.91 Å². The minimum Gasteiger partial charge on any atom is -0.496 e. The number of urea groups is 1. The van der Waals surface area contributed by atoms with Crippen molar-refractivity contribution in [2.75, 3.05) is 13.7 Å². The topological polar surface area (TPSA) is 70.7 Å². The maximum atomic E-state index is 12.5. The normalized spacial score (nSPS) is 11.8. The van der Waals surface area contributed by atoms with Crippen molar-refractivity contribution in [1.29, 1.82) is 0 Å². The number of para-hydroxylation sites is 1. The Morgan fingerprint density at radius 1 is 1.19 bits per heavy atom. The lowest BCUT2D eigenvalue weighted by molar-refractivity contribution is -0.125. The number of rotatable bonds is 8. The van der Waals surface area contributed by atoms with Crippen LogP contribution in [0.3, 0.4) is 0 Å². The van der Waals surface area contributed by atoms with Gasteiger partial charge in [-0.05, 0) is 31.4 Å². The van der Waals surface area contributed by atoms with Gasteiger partial charge >= 0.3 is 6.03 Å². The first-order chi connectivity index (χ1) is 12.5. The first-order valence-electron chi connectivity index (χ1n) is 8.52. The van der Waals surface area contributed by atoms with E-state index in [0.29, 0.717) is 19.6 Å². The largest absolute Gasteiger partial charge is 0.496 e. The molecule has 2 rings (SSSR count). The van der Waals surface area contributed by atoms with Crippen LogP contribution in [0.4, 0.5) is 4.79 Å². The minimum absolute atomic E-state index is 0.331. The summed E-state index contributed by atoms with van der Waals surface area (Å²) in [5.41, 5.74) is 0.990. The summed E-state index contributed by atoms with van der Waals surface area (Å²) in [5.74, 6) is 0.447. The maximum absolute atomic E-state index is 12.5. The molecular weight excluding hydrogens is 350 g/mol. The summed E-state index contributed by atoms with van der Waals surface area (Å²) in [5, 5.41) is 6.98. The number of nitrogens with one attached hydrogen (secondary N) is 2. The fourth-order valence-electron chi connectivity index (χ4n) is 2.57. The summed E-state index contributed by atoms with van der Waals surface area (Å²) < 4.78 is 5.43. The van der Waals surface area contributed by atoms with E-state index in [-0.39, 0.29) is 5.91 Å². The molecule has 1 unspecified atom stereocenters.